The average Bonchev–Trinajstić information content (AvgIpc) is 3.38. The molecule has 0 aliphatic carbocycles. The van der Waals surface area contributed by atoms with E-state index in [1.807, 2.05) is 35.7 Å². The summed E-state index contributed by atoms with van der Waals surface area (Å²) in [5, 5.41) is 0. The summed E-state index contributed by atoms with van der Waals surface area (Å²) < 4.78 is 6.83. The standard InChI is InChI=1S/C21H24N6O3/c1-25(2)16-8-18(21(29)30-3)27(12-16)20(28)15-7-17-19(23-10-15)26(13-24-17)11-14-5-4-6-22-9-14/h4-7,9-10,13,16,18H,8,11-12H2,1-3H3/t16-,18+/m1/s1. The molecule has 2 atom stereocenters. The highest BCUT2D eigenvalue weighted by atomic mass is 16.5. The smallest absolute Gasteiger partial charge is 0.328 e. The number of imidazole rings is 1. The van der Waals surface area contributed by atoms with Crippen LogP contribution >= 0.6 is 0 Å². The third kappa shape index (κ3) is 3.76. The average molecular weight is 408 g/mol. The number of nitrogens with zero attached hydrogens (tertiary/aromatic N) is 6. The quantitative estimate of drug-likeness (QED) is 0.586. The molecule has 4 heterocycles. The number of fused-ring (bicyclic) bond motifs is 1. The number of aromatic nitrogens is 4. The van der Waals surface area contributed by atoms with E-state index in [4.69, 9.17) is 4.74 Å². The van der Waals surface area contributed by atoms with Crippen molar-refractivity contribution in [2.75, 3.05) is 27.7 Å². The van der Waals surface area contributed by atoms with E-state index in [-0.39, 0.29) is 11.9 Å². The summed E-state index contributed by atoms with van der Waals surface area (Å²) >= 11 is 0. The lowest BCUT2D eigenvalue weighted by molar-refractivity contribution is -0.145. The first-order valence-electron chi connectivity index (χ1n) is 9.73. The number of methoxy groups -OCH3 is 1. The summed E-state index contributed by atoms with van der Waals surface area (Å²) in [5.74, 6) is -0.645. The monoisotopic (exact) mass is 408 g/mol. The van der Waals surface area contributed by atoms with Gasteiger partial charge in [-0.15, -0.1) is 0 Å². The van der Waals surface area contributed by atoms with Gasteiger partial charge in [0.05, 0.1) is 25.5 Å². The van der Waals surface area contributed by atoms with Gasteiger partial charge in [-0.05, 0) is 38.2 Å². The van der Waals surface area contributed by atoms with E-state index < -0.39 is 12.0 Å². The maximum Gasteiger partial charge on any atom is 0.328 e. The molecule has 0 bridgehead atoms. The van der Waals surface area contributed by atoms with Crippen LogP contribution in [0.5, 0.6) is 0 Å². The molecule has 0 unspecified atom stereocenters. The summed E-state index contributed by atoms with van der Waals surface area (Å²) in [6.07, 6.45) is 7.32. The van der Waals surface area contributed by atoms with E-state index in [0.29, 0.717) is 36.2 Å². The van der Waals surface area contributed by atoms with Crippen molar-refractivity contribution in [1.29, 1.82) is 0 Å². The van der Waals surface area contributed by atoms with Crippen LogP contribution in [0.4, 0.5) is 0 Å². The summed E-state index contributed by atoms with van der Waals surface area (Å²) in [5.41, 5.74) is 2.75. The topological polar surface area (TPSA) is 93.5 Å². The minimum atomic E-state index is -0.603. The molecule has 0 aromatic carbocycles. The van der Waals surface area contributed by atoms with Crippen molar-refractivity contribution < 1.29 is 14.3 Å². The van der Waals surface area contributed by atoms with E-state index in [9.17, 15) is 9.59 Å². The number of ether oxygens (including phenoxy) is 1. The predicted octanol–water partition coefficient (Wildman–Crippen LogP) is 1.19. The number of carbonyl (C=O) groups excluding carboxylic acids is 2. The second-order valence-corrected chi connectivity index (χ2v) is 7.65. The third-order valence-corrected chi connectivity index (χ3v) is 5.52. The molecule has 0 radical (unpaired) electrons. The van der Waals surface area contributed by atoms with Crippen molar-refractivity contribution in [2.24, 2.45) is 0 Å². The summed E-state index contributed by atoms with van der Waals surface area (Å²) in [4.78, 5) is 42.1. The molecule has 0 N–H and O–H groups in total. The van der Waals surface area contributed by atoms with Gasteiger partial charge in [0, 0.05) is 31.2 Å². The lowest BCUT2D eigenvalue weighted by Crippen LogP contribution is -2.41. The van der Waals surface area contributed by atoms with Crippen molar-refractivity contribution in [3.8, 4) is 0 Å². The van der Waals surface area contributed by atoms with Gasteiger partial charge >= 0.3 is 5.97 Å². The van der Waals surface area contributed by atoms with Crippen molar-refractivity contribution in [3.05, 3.63) is 54.2 Å². The minimum Gasteiger partial charge on any atom is -0.467 e. The van der Waals surface area contributed by atoms with Gasteiger partial charge in [-0.2, -0.15) is 0 Å². The second kappa shape index (κ2) is 8.19. The minimum absolute atomic E-state index is 0.0911. The molecule has 1 fully saturated rings. The highest BCUT2D eigenvalue weighted by Gasteiger charge is 2.41. The molecule has 9 nitrogen and oxygen atoms in total. The normalized spacial score (nSPS) is 18.9. The molecule has 3 aromatic heterocycles. The van der Waals surface area contributed by atoms with Crippen molar-refractivity contribution in [1.82, 2.24) is 29.3 Å². The van der Waals surface area contributed by atoms with Gasteiger partial charge in [0.15, 0.2) is 5.65 Å². The van der Waals surface area contributed by atoms with Crippen LogP contribution in [-0.4, -0.2) is 81.0 Å². The molecular formula is C21H24N6O3. The Bertz CT molecular complexity index is 1070. The molecule has 1 amide bonds. The Kier molecular flexibility index (Phi) is 5.45. The Balaban J connectivity index is 1.59. The number of esters is 1. The van der Waals surface area contributed by atoms with Gasteiger partial charge in [-0.3, -0.25) is 9.78 Å². The van der Waals surface area contributed by atoms with E-state index >= 15 is 0 Å². The van der Waals surface area contributed by atoms with Gasteiger partial charge in [-0.25, -0.2) is 14.8 Å². The number of likely N-dealkylation sites (tertiary alicyclic amines) is 1. The summed E-state index contributed by atoms with van der Waals surface area (Å²) in [6.45, 7) is 1.05. The Morgan fingerprint density at radius 3 is 2.80 bits per heavy atom. The van der Waals surface area contributed by atoms with Gasteiger partial charge < -0.3 is 19.1 Å². The van der Waals surface area contributed by atoms with Crippen LogP contribution in [-0.2, 0) is 16.1 Å². The van der Waals surface area contributed by atoms with E-state index in [2.05, 4.69) is 15.0 Å². The van der Waals surface area contributed by atoms with Gasteiger partial charge in [-0.1, -0.05) is 6.07 Å². The van der Waals surface area contributed by atoms with E-state index in [1.165, 1.54) is 7.11 Å². The predicted molar refractivity (Wildman–Crippen MR) is 110 cm³/mol. The summed E-state index contributed by atoms with van der Waals surface area (Å²) in [7, 11) is 5.22. The Morgan fingerprint density at radius 2 is 2.10 bits per heavy atom. The zero-order chi connectivity index (χ0) is 21.3. The van der Waals surface area contributed by atoms with Gasteiger partial charge in [0.1, 0.15) is 11.6 Å². The second-order valence-electron chi connectivity index (χ2n) is 7.65. The fraction of sp³-hybridized carbons (Fsp3) is 0.381. The van der Waals surface area contributed by atoms with Crippen molar-refractivity contribution >= 4 is 23.0 Å². The SMILES string of the molecule is COC(=O)[C@@H]1C[C@@H](N(C)C)CN1C(=O)c1cnc2c(c1)ncn2Cc1cccnc1. The molecule has 0 spiro atoms. The number of rotatable bonds is 5. The molecule has 1 aliphatic heterocycles. The van der Waals surface area contributed by atoms with Crippen LogP contribution in [0.15, 0.2) is 43.1 Å². The molecular weight excluding hydrogens is 384 g/mol. The fourth-order valence-electron chi connectivity index (χ4n) is 3.81. The molecule has 30 heavy (non-hydrogen) atoms. The largest absolute Gasteiger partial charge is 0.467 e. The molecule has 1 aliphatic rings. The van der Waals surface area contributed by atoms with Crippen LogP contribution in [0.3, 0.4) is 0 Å². The lowest BCUT2D eigenvalue weighted by Gasteiger charge is -2.23. The molecule has 4 rings (SSSR count). The van der Waals surface area contributed by atoms with Crippen LogP contribution in [0.2, 0.25) is 0 Å². The van der Waals surface area contributed by atoms with Crippen LogP contribution in [0, 0.1) is 0 Å². The number of carbonyl (C=O) groups is 2. The lowest BCUT2D eigenvalue weighted by atomic mass is 10.1. The van der Waals surface area contributed by atoms with Gasteiger partial charge in [0.25, 0.3) is 5.91 Å². The highest BCUT2D eigenvalue weighted by molar-refractivity contribution is 5.98. The van der Waals surface area contributed by atoms with Crippen LogP contribution in [0.1, 0.15) is 22.3 Å². The Hall–Kier alpha value is -3.33. The molecule has 3 aromatic rings. The van der Waals surface area contributed by atoms with Crippen LogP contribution < -0.4 is 0 Å². The number of pyridine rings is 2. The number of hydrogen-bond donors (Lipinski definition) is 0. The van der Waals surface area contributed by atoms with Crippen molar-refractivity contribution in [3.63, 3.8) is 0 Å². The molecule has 9 heteroatoms. The van der Waals surface area contributed by atoms with E-state index in [0.717, 1.165) is 5.56 Å². The molecule has 1 saturated heterocycles. The van der Waals surface area contributed by atoms with Crippen LogP contribution in [0.25, 0.3) is 11.2 Å². The van der Waals surface area contributed by atoms with Gasteiger partial charge in [0.2, 0.25) is 0 Å². The highest BCUT2D eigenvalue weighted by Crippen LogP contribution is 2.25. The number of amides is 1. The fourth-order valence-corrected chi connectivity index (χ4v) is 3.81. The number of hydrogen-bond acceptors (Lipinski definition) is 7. The zero-order valence-electron chi connectivity index (χ0n) is 17.2. The first kappa shape index (κ1) is 20.0. The molecule has 156 valence electrons. The molecule has 0 saturated carbocycles. The Morgan fingerprint density at radius 1 is 1.27 bits per heavy atom. The number of likely N-dealkylation sites (N-methyl/N-ethyl adjacent to an activating group) is 1. The third-order valence-electron chi connectivity index (χ3n) is 5.52. The first-order valence-corrected chi connectivity index (χ1v) is 9.73. The Labute approximate surface area is 174 Å². The summed E-state index contributed by atoms with van der Waals surface area (Å²) in [6, 6.07) is 5.08. The van der Waals surface area contributed by atoms with E-state index in [1.54, 1.807) is 35.9 Å². The zero-order valence-corrected chi connectivity index (χ0v) is 17.2. The maximum atomic E-state index is 13.2. The first-order chi connectivity index (χ1) is 14.5. The van der Waals surface area contributed by atoms with Crippen molar-refractivity contribution in [2.45, 2.75) is 25.0 Å². The maximum absolute atomic E-state index is 13.2.